The van der Waals surface area contributed by atoms with Gasteiger partial charge in [0, 0.05) is 18.1 Å². The zero-order valence-corrected chi connectivity index (χ0v) is 19.7. The summed E-state index contributed by atoms with van der Waals surface area (Å²) in [6.07, 6.45) is -4.81. The van der Waals surface area contributed by atoms with Crippen LogP contribution in [0, 0.1) is 0 Å². The van der Waals surface area contributed by atoms with Crippen molar-refractivity contribution in [3.8, 4) is 0 Å². The molecule has 0 spiro atoms. The Kier molecular flexibility index (Phi) is 6.75. The number of alkyl halides is 3. The number of ether oxygens (including phenoxy) is 1. The zero-order chi connectivity index (χ0) is 25.3. The van der Waals surface area contributed by atoms with Gasteiger partial charge in [-0.2, -0.15) is 18.3 Å². The van der Waals surface area contributed by atoms with Crippen LogP contribution in [0.25, 0.3) is 0 Å². The molecular weight excluding hydrogens is 485 g/mol. The first kappa shape index (κ1) is 24.6. The lowest BCUT2D eigenvalue weighted by atomic mass is 10.1. The van der Waals surface area contributed by atoms with Gasteiger partial charge in [0.15, 0.2) is 5.69 Å². The highest BCUT2D eigenvalue weighted by molar-refractivity contribution is 6.30. The molecule has 1 aromatic heterocycles. The molecule has 0 saturated carbocycles. The number of amides is 1. The topological polar surface area (TPSA) is 76.5 Å². The molecule has 35 heavy (non-hydrogen) atoms. The number of halogens is 4. The maximum absolute atomic E-state index is 13.8. The zero-order valence-electron chi connectivity index (χ0n) is 18.9. The van der Waals surface area contributed by atoms with Crippen molar-refractivity contribution < 1.29 is 27.5 Å². The molecule has 4 rings (SSSR count). The van der Waals surface area contributed by atoms with Gasteiger partial charge in [-0.15, -0.1) is 0 Å². The van der Waals surface area contributed by atoms with Crippen LogP contribution < -0.4 is 10.2 Å². The number of esters is 1. The van der Waals surface area contributed by atoms with E-state index in [4.69, 9.17) is 11.6 Å². The van der Waals surface area contributed by atoms with E-state index in [-0.39, 0.29) is 18.9 Å². The number of methoxy groups -OCH3 is 1. The van der Waals surface area contributed by atoms with E-state index in [9.17, 15) is 22.8 Å². The number of anilines is 1. The number of rotatable bonds is 6. The lowest BCUT2D eigenvalue weighted by Gasteiger charge is -2.21. The van der Waals surface area contributed by atoms with Crippen molar-refractivity contribution in [3.05, 3.63) is 81.5 Å². The summed E-state index contributed by atoms with van der Waals surface area (Å²) in [5, 5.41) is 6.88. The highest BCUT2D eigenvalue weighted by Gasteiger charge is 2.44. The van der Waals surface area contributed by atoms with E-state index in [0.29, 0.717) is 22.7 Å². The molecule has 184 valence electrons. The SMILES string of the molecule is COC(=O)c1ccc(C(C)NC(=O)c2c(C(F)(F)F)nn3c2N(Cc2cccc(Cl)c2)CC3)cc1. The van der Waals surface area contributed by atoms with Gasteiger partial charge in [-0.25, -0.2) is 9.48 Å². The van der Waals surface area contributed by atoms with Crippen LogP contribution in [0.15, 0.2) is 48.5 Å². The van der Waals surface area contributed by atoms with Gasteiger partial charge in [0.05, 0.1) is 25.3 Å². The number of hydrogen-bond donors (Lipinski definition) is 1. The quantitative estimate of drug-likeness (QED) is 0.484. The van der Waals surface area contributed by atoms with Gasteiger partial charge in [0.1, 0.15) is 11.4 Å². The van der Waals surface area contributed by atoms with Crippen molar-refractivity contribution in [2.75, 3.05) is 18.6 Å². The molecule has 7 nitrogen and oxygen atoms in total. The summed E-state index contributed by atoms with van der Waals surface area (Å²) in [5.41, 5.74) is -0.0189. The molecule has 0 bridgehead atoms. The van der Waals surface area contributed by atoms with Gasteiger partial charge < -0.3 is 15.0 Å². The number of nitrogens with zero attached hydrogens (tertiary/aromatic N) is 3. The summed E-state index contributed by atoms with van der Waals surface area (Å²) in [5.74, 6) is -1.29. The third-order valence-corrected chi connectivity index (χ3v) is 5.98. The third kappa shape index (κ3) is 5.12. The van der Waals surface area contributed by atoms with E-state index in [2.05, 4.69) is 15.2 Å². The molecular formula is C24H22ClF3N4O3. The minimum Gasteiger partial charge on any atom is -0.465 e. The molecule has 0 aliphatic carbocycles. The Morgan fingerprint density at radius 2 is 1.89 bits per heavy atom. The van der Waals surface area contributed by atoms with Crippen molar-refractivity contribution in [2.45, 2.75) is 32.2 Å². The lowest BCUT2D eigenvalue weighted by Crippen LogP contribution is -2.31. The Bertz CT molecular complexity index is 1260. The average molecular weight is 507 g/mol. The minimum atomic E-state index is -4.81. The molecule has 1 N–H and O–H groups in total. The summed E-state index contributed by atoms with van der Waals surface area (Å²) in [6.45, 7) is 2.54. The highest BCUT2D eigenvalue weighted by Crippen LogP contribution is 2.38. The molecule has 2 heterocycles. The molecule has 1 aliphatic heterocycles. The summed E-state index contributed by atoms with van der Waals surface area (Å²) in [7, 11) is 1.26. The fraction of sp³-hybridized carbons (Fsp3) is 0.292. The molecule has 3 aromatic rings. The molecule has 1 amide bonds. The Labute approximate surface area is 204 Å². The van der Waals surface area contributed by atoms with Crippen molar-refractivity contribution in [1.29, 1.82) is 0 Å². The van der Waals surface area contributed by atoms with Gasteiger partial charge >= 0.3 is 12.1 Å². The van der Waals surface area contributed by atoms with Crippen LogP contribution in [-0.4, -0.2) is 35.3 Å². The Morgan fingerprint density at radius 1 is 1.17 bits per heavy atom. The van der Waals surface area contributed by atoms with Crippen LogP contribution >= 0.6 is 11.6 Å². The monoisotopic (exact) mass is 506 g/mol. The number of fused-ring (bicyclic) bond motifs is 1. The molecule has 1 atom stereocenters. The van der Waals surface area contributed by atoms with Crippen molar-refractivity contribution in [2.24, 2.45) is 0 Å². The predicted octanol–water partition coefficient (Wildman–Crippen LogP) is 4.85. The number of carbonyl (C=O) groups is 2. The second-order valence-electron chi connectivity index (χ2n) is 8.13. The normalized spacial score (nSPS) is 13.9. The molecule has 0 fully saturated rings. The number of hydrogen-bond acceptors (Lipinski definition) is 5. The number of nitrogens with one attached hydrogen (secondary N) is 1. The summed E-state index contributed by atoms with van der Waals surface area (Å²) < 4.78 is 47.4. The maximum atomic E-state index is 13.8. The van der Waals surface area contributed by atoms with E-state index >= 15 is 0 Å². The van der Waals surface area contributed by atoms with Gasteiger partial charge in [-0.1, -0.05) is 35.9 Å². The van der Waals surface area contributed by atoms with Crippen molar-refractivity contribution in [1.82, 2.24) is 15.1 Å². The minimum absolute atomic E-state index is 0.114. The fourth-order valence-electron chi connectivity index (χ4n) is 4.05. The molecule has 11 heteroatoms. The van der Waals surface area contributed by atoms with E-state index in [1.807, 2.05) is 6.07 Å². The summed E-state index contributed by atoms with van der Waals surface area (Å²) >= 11 is 6.05. The molecule has 0 radical (unpaired) electrons. The van der Waals surface area contributed by atoms with Gasteiger partial charge in [0.25, 0.3) is 5.91 Å². The van der Waals surface area contributed by atoms with Gasteiger partial charge in [-0.05, 0) is 42.3 Å². The number of benzene rings is 2. The maximum Gasteiger partial charge on any atom is 0.436 e. The fourth-order valence-corrected chi connectivity index (χ4v) is 4.26. The molecule has 0 saturated heterocycles. The van der Waals surface area contributed by atoms with Crippen LogP contribution in [0.5, 0.6) is 0 Å². The van der Waals surface area contributed by atoms with Crippen molar-refractivity contribution >= 4 is 29.3 Å². The second kappa shape index (κ2) is 9.61. The van der Waals surface area contributed by atoms with Crippen LogP contribution in [0.3, 0.4) is 0 Å². The van der Waals surface area contributed by atoms with E-state index < -0.39 is 35.4 Å². The average Bonchev–Trinajstić information content (AvgIpc) is 3.39. The molecule has 1 unspecified atom stereocenters. The second-order valence-corrected chi connectivity index (χ2v) is 8.56. The van der Waals surface area contributed by atoms with Crippen LogP contribution in [0.4, 0.5) is 19.0 Å². The first-order chi connectivity index (χ1) is 16.6. The Morgan fingerprint density at radius 3 is 2.51 bits per heavy atom. The summed E-state index contributed by atoms with van der Waals surface area (Å²) in [4.78, 5) is 26.5. The molecule has 1 aliphatic rings. The summed E-state index contributed by atoms with van der Waals surface area (Å²) in [6, 6.07) is 12.6. The lowest BCUT2D eigenvalue weighted by molar-refractivity contribution is -0.141. The largest absolute Gasteiger partial charge is 0.465 e. The van der Waals surface area contributed by atoms with E-state index in [0.717, 1.165) is 5.56 Å². The van der Waals surface area contributed by atoms with Crippen LogP contribution in [-0.2, 0) is 24.0 Å². The predicted molar refractivity (Wildman–Crippen MR) is 123 cm³/mol. The van der Waals surface area contributed by atoms with E-state index in [1.165, 1.54) is 23.9 Å². The van der Waals surface area contributed by atoms with Crippen LogP contribution in [0.2, 0.25) is 5.02 Å². The highest BCUT2D eigenvalue weighted by atomic mass is 35.5. The first-order valence-electron chi connectivity index (χ1n) is 10.7. The number of aromatic nitrogens is 2. The Hall–Kier alpha value is -3.53. The van der Waals surface area contributed by atoms with Gasteiger partial charge in [-0.3, -0.25) is 4.79 Å². The standard InChI is InChI=1S/C24H22ClF3N4O3/c1-14(16-6-8-17(9-7-16)23(34)35-2)29-21(33)19-20(24(26,27)28)30-32-11-10-31(22(19)32)13-15-4-3-5-18(25)12-15/h3-9,12,14H,10-11,13H2,1-2H3,(H,29,33). The number of carbonyl (C=O) groups excluding carboxylic acids is 2. The smallest absolute Gasteiger partial charge is 0.436 e. The van der Waals surface area contributed by atoms with E-state index in [1.54, 1.807) is 42.2 Å². The van der Waals surface area contributed by atoms with Crippen molar-refractivity contribution in [3.63, 3.8) is 0 Å². The first-order valence-corrected chi connectivity index (χ1v) is 11.1. The third-order valence-electron chi connectivity index (χ3n) is 5.74. The van der Waals surface area contributed by atoms with Gasteiger partial charge in [0.2, 0.25) is 0 Å². The molecule has 2 aromatic carbocycles. The Balaban J connectivity index is 1.63. The van der Waals surface area contributed by atoms with Crippen LogP contribution in [0.1, 0.15) is 50.5 Å².